The van der Waals surface area contributed by atoms with Crippen LogP contribution in [-0.2, 0) is 9.59 Å². The van der Waals surface area contributed by atoms with E-state index in [0.29, 0.717) is 0 Å². The fourth-order valence-corrected chi connectivity index (χ4v) is 2.51. The number of carbonyl (C=O) groups is 6. The lowest BCUT2D eigenvalue weighted by Crippen LogP contribution is -2.64. The zero-order valence-corrected chi connectivity index (χ0v) is 14.6. The first kappa shape index (κ1) is 19.7. The van der Waals surface area contributed by atoms with Gasteiger partial charge in [-0.25, -0.2) is 19.2 Å². The lowest BCUT2D eigenvalue weighted by Gasteiger charge is -2.26. The van der Waals surface area contributed by atoms with E-state index in [-0.39, 0.29) is 19.5 Å². The van der Waals surface area contributed by atoms with E-state index in [0.717, 1.165) is 0 Å². The van der Waals surface area contributed by atoms with E-state index in [4.69, 9.17) is 0 Å². The second-order valence-corrected chi connectivity index (χ2v) is 5.77. The largest absolute Gasteiger partial charge is 0.323 e. The lowest BCUT2D eigenvalue weighted by molar-refractivity contribution is -0.125. The third kappa shape index (κ3) is 3.99. The molecular weight excluding hydrogens is 364 g/mol. The monoisotopic (exact) mass is 384 g/mol. The van der Waals surface area contributed by atoms with Gasteiger partial charge in [0.25, 0.3) is 11.8 Å². The van der Waals surface area contributed by atoms with Crippen LogP contribution < -0.4 is 42.5 Å². The van der Waals surface area contributed by atoms with Crippen LogP contribution in [0.25, 0.3) is 0 Å². The van der Waals surface area contributed by atoms with Crippen LogP contribution in [0.4, 0.5) is 19.2 Å². The van der Waals surface area contributed by atoms with Crippen molar-refractivity contribution in [2.45, 2.75) is 38.0 Å². The molecule has 0 aliphatic carbocycles. The Morgan fingerprint density at radius 2 is 1.15 bits per heavy atom. The quantitative estimate of drug-likeness (QED) is 0.183. The third-order valence-electron chi connectivity index (χ3n) is 4.10. The summed E-state index contributed by atoms with van der Waals surface area (Å²) in [7, 11) is 0. The summed E-state index contributed by atoms with van der Waals surface area (Å²) >= 11 is 0. The van der Waals surface area contributed by atoms with Gasteiger partial charge in [-0.2, -0.15) is 0 Å². The van der Waals surface area contributed by atoms with Gasteiger partial charge in [0.15, 0.2) is 11.3 Å². The molecule has 0 aromatic heterocycles. The normalized spacial score (nSPS) is 26.4. The van der Waals surface area contributed by atoms with Gasteiger partial charge in [0.2, 0.25) is 0 Å². The highest BCUT2D eigenvalue weighted by Gasteiger charge is 2.47. The van der Waals surface area contributed by atoms with Gasteiger partial charge >= 0.3 is 24.1 Å². The zero-order valence-electron chi connectivity index (χ0n) is 14.6. The molecule has 2 rings (SSSR count). The molecule has 0 aromatic carbocycles. The minimum Gasteiger partial charge on any atom is -0.321 e. The first-order chi connectivity index (χ1) is 12.7. The second-order valence-electron chi connectivity index (χ2n) is 5.77. The molecule has 2 fully saturated rings. The predicted molar refractivity (Wildman–Crippen MR) is 87.6 cm³/mol. The molecule has 0 bridgehead atoms. The predicted octanol–water partition coefficient (Wildman–Crippen LogP) is -2.57. The van der Waals surface area contributed by atoms with Crippen LogP contribution in [0.3, 0.4) is 0 Å². The number of amides is 10. The Bertz CT molecular complexity index is 653. The molecule has 14 nitrogen and oxygen atoms in total. The summed E-state index contributed by atoms with van der Waals surface area (Å²) in [6.07, 6.45) is 0.194. The van der Waals surface area contributed by atoms with E-state index in [2.05, 4.69) is 31.9 Å². The van der Waals surface area contributed by atoms with E-state index in [1.807, 2.05) is 10.6 Å². The third-order valence-corrected chi connectivity index (χ3v) is 4.10. The van der Waals surface area contributed by atoms with E-state index >= 15 is 0 Å². The Morgan fingerprint density at radius 3 is 1.41 bits per heavy atom. The van der Waals surface area contributed by atoms with Crippen LogP contribution >= 0.6 is 0 Å². The van der Waals surface area contributed by atoms with Crippen LogP contribution in [0, 0.1) is 0 Å². The Hall–Kier alpha value is -3.58. The van der Waals surface area contributed by atoms with Crippen LogP contribution in [0.2, 0.25) is 0 Å². The molecule has 2 aliphatic rings. The summed E-state index contributed by atoms with van der Waals surface area (Å²) in [5.74, 6) is -1.41. The zero-order chi connectivity index (χ0) is 20.2. The minimum absolute atomic E-state index is 0.0970. The molecule has 2 heterocycles. The van der Waals surface area contributed by atoms with Crippen molar-refractivity contribution in [2.75, 3.05) is 6.67 Å². The van der Waals surface area contributed by atoms with E-state index in [9.17, 15) is 28.8 Å². The van der Waals surface area contributed by atoms with Crippen molar-refractivity contribution in [3.05, 3.63) is 0 Å². The van der Waals surface area contributed by atoms with E-state index in [1.165, 1.54) is 0 Å². The summed E-state index contributed by atoms with van der Waals surface area (Å²) in [5, 5.41) is 17.8. The Morgan fingerprint density at radius 1 is 0.778 bits per heavy atom. The van der Waals surface area contributed by atoms with Crippen molar-refractivity contribution in [2.24, 2.45) is 0 Å². The van der Waals surface area contributed by atoms with Crippen molar-refractivity contribution in [3.63, 3.8) is 0 Å². The first-order valence-electron chi connectivity index (χ1n) is 8.05. The van der Waals surface area contributed by atoms with Crippen molar-refractivity contribution < 1.29 is 28.8 Å². The molecule has 2 saturated heterocycles. The minimum atomic E-state index is -1.58. The highest BCUT2D eigenvalue weighted by Crippen LogP contribution is 2.12. The molecule has 10 amide bonds. The Labute approximate surface area is 152 Å². The van der Waals surface area contributed by atoms with Crippen molar-refractivity contribution in [3.8, 4) is 0 Å². The van der Waals surface area contributed by atoms with Crippen LogP contribution in [-0.4, -0.2) is 53.9 Å². The molecule has 14 heteroatoms. The van der Waals surface area contributed by atoms with Gasteiger partial charge in [-0.3, -0.25) is 20.2 Å². The summed E-state index contributed by atoms with van der Waals surface area (Å²) in [4.78, 5) is 69.9. The molecule has 8 N–H and O–H groups in total. The molecule has 0 aromatic rings. The average Bonchev–Trinajstić information content (AvgIpc) is 3.03. The summed E-state index contributed by atoms with van der Waals surface area (Å²) in [6.45, 7) is 2.81. The van der Waals surface area contributed by atoms with Crippen molar-refractivity contribution in [1.82, 2.24) is 42.5 Å². The van der Waals surface area contributed by atoms with Gasteiger partial charge in [0, 0.05) is 0 Å². The SMILES string of the molecule is CCC1(NC(=O)NCNC(=O)NC2(CC)NC(=O)NC2=O)NC(=O)NC1=O. The number of hydrogen-bond donors (Lipinski definition) is 8. The maximum atomic E-state index is 11.9. The van der Waals surface area contributed by atoms with Gasteiger partial charge < -0.3 is 31.9 Å². The fourth-order valence-electron chi connectivity index (χ4n) is 2.51. The maximum absolute atomic E-state index is 11.9. The second kappa shape index (κ2) is 7.35. The fraction of sp³-hybridized carbons (Fsp3) is 0.538. The van der Waals surface area contributed by atoms with Crippen molar-refractivity contribution >= 4 is 35.9 Å². The number of imide groups is 2. The van der Waals surface area contributed by atoms with Gasteiger partial charge in [-0.15, -0.1) is 0 Å². The van der Waals surface area contributed by atoms with Crippen LogP contribution in [0.1, 0.15) is 26.7 Å². The maximum Gasteiger partial charge on any atom is 0.323 e. The molecule has 0 radical (unpaired) electrons. The highest BCUT2D eigenvalue weighted by molar-refractivity contribution is 6.08. The number of nitrogens with one attached hydrogen (secondary N) is 8. The van der Waals surface area contributed by atoms with Crippen molar-refractivity contribution in [1.29, 1.82) is 0 Å². The van der Waals surface area contributed by atoms with Gasteiger partial charge in [-0.05, 0) is 12.8 Å². The molecule has 148 valence electrons. The van der Waals surface area contributed by atoms with Crippen LogP contribution in [0.5, 0.6) is 0 Å². The molecule has 0 saturated carbocycles. The standard InChI is InChI=1S/C13H20N8O6/c1-3-12(6(22)16-10(26)20-12)18-8(24)14-5-15-9(25)19-13(4-2)7(23)17-11(27)21-13/h3-5H2,1-2H3,(H2,14,18,24)(H2,15,19,25)(H2,16,20,22,26)(H2,17,21,23,27). The number of rotatable bonds is 6. The molecule has 2 aliphatic heterocycles. The molecular formula is C13H20N8O6. The number of carbonyl (C=O) groups excluding carboxylic acids is 6. The first-order valence-corrected chi connectivity index (χ1v) is 8.05. The van der Waals surface area contributed by atoms with E-state index < -0.39 is 47.3 Å². The smallest absolute Gasteiger partial charge is 0.321 e. The topological polar surface area (TPSA) is 199 Å². The summed E-state index contributed by atoms with van der Waals surface area (Å²) < 4.78 is 0. The van der Waals surface area contributed by atoms with Gasteiger partial charge in [-0.1, -0.05) is 13.8 Å². The molecule has 27 heavy (non-hydrogen) atoms. The number of hydrogen-bond acceptors (Lipinski definition) is 6. The average molecular weight is 384 g/mol. The van der Waals surface area contributed by atoms with Gasteiger partial charge in [0.05, 0.1) is 6.67 Å². The van der Waals surface area contributed by atoms with E-state index in [1.54, 1.807) is 13.8 Å². The Kier molecular flexibility index (Phi) is 5.37. The summed E-state index contributed by atoms with van der Waals surface area (Å²) in [6, 6.07) is -3.12. The van der Waals surface area contributed by atoms with Gasteiger partial charge in [0.1, 0.15) is 0 Å². The Balaban J connectivity index is 1.82. The number of urea groups is 4. The lowest BCUT2D eigenvalue weighted by atomic mass is 10.1. The molecule has 2 unspecified atom stereocenters. The highest BCUT2D eigenvalue weighted by atomic mass is 16.2. The summed E-state index contributed by atoms with van der Waals surface area (Å²) in [5.41, 5.74) is -3.16. The molecule has 0 spiro atoms. The molecule has 2 atom stereocenters. The van der Waals surface area contributed by atoms with Crippen LogP contribution in [0.15, 0.2) is 0 Å².